The number of carbonyl (C=O) groups excluding carboxylic acids is 2. The van der Waals surface area contributed by atoms with Crippen LogP contribution in [0.3, 0.4) is 0 Å². The number of anilines is 1. The Morgan fingerprint density at radius 1 is 0.923 bits per heavy atom. The first-order valence-electron chi connectivity index (χ1n) is 14.7. The molecule has 2 aromatic rings. The minimum Gasteiger partial charge on any atom is -0.339 e. The summed E-state index contributed by atoms with van der Waals surface area (Å²) in [5, 5.41) is 3.19. The van der Waals surface area contributed by atoms with Crippen LogP contribution in [0.1, 0.15) is 61.9 Å². The Bertz CT molecular complexity index is 1070. The second-order valence-corrected chi connectivity index (χ2v) is 11.5. The highest BCUT2D eigenvalue weighted by Crippen LogP contribution is 2.23. The van der Waals surface area contributed by atoms with Crippen molar-refractivity contribution in [3.8, 4) is 0 Å². The van der Waals surface area contributed by atoms with Crippen LogP contribution in [0.4, 0.5) is 10.7 Å². The molecule has 3 saturated heterocycles. The van der Waals surface area contributed by atoms with Crippen molar-refractivity contribution in [2.45, 2.75) is 64.6 Å². The summed E-state index contributed by atoms with van der Waals surface area (Å²) in [5.74, 6) is 1.30. The maximum atomic E-state index is 13.1. The fraction of sp³-hybridized carbons (Fsp3) is 0.600. The number of aromatic nitrogens is 2. The Hall–Kier alpha value is -3.20. The van der Waals surface area contributed by atoms with E-state index in [-0.39, 0.29) is 24.0 Å². The molecule has 3 amide bonds. The Labute approximate surface area is 232 Å². The van der Waals surface area contributed by atoms with E-state index in [0.29, 0.717) is 30.5 Å². The zero-order valence-electron chi connectivity index (χ0n) is 23.5. The quantitative estimate of drug-likeness (QED) is 0.585. The Morgan fingerprint density at radius 3 is 2.21 bits per heavy atom. The fourth-order valence-corrected chi connectivity index (χ4v) is 6.33. The van der Waals surface area contributed by atoms with Gasteiger partial charge < -0.3 is 20.0 Å². The molecule has 3 aliphatic heterocycles. The van der Waals surface area contributed by atoms with E-state index in [9.17, 15) is 9.59 Å². The number of nitrogens with one attached hydrogen (secondary N) is 1. The van der Waals surface area contributed by atoms with E-state index in [1.807, 2.05) is 9.80 Å². The second kappa shape index (κ2) is 12.8. The zero-order chi connectivity index (χ0) is 27.2. The molecule has 2 atom stereocenters. The third-order valence-electron chi connectivity index (χ3n) is 8.50. The molecule has 0 spiro atoms. The summed E-state index contributed by atoms with van der Waals surface area (Å²) < 4.78 is 0. The number of likely N-dealkylation sites (tertiary alicyclic amines) is 2. The monoisotopic (exact) mass is 533 g/mol. The van der Waals surface area contributed by atoms with Crippen LogP contribution < -0.4 is 10.2 Å². The Morgan fingerprint density at radius 2 is 1.56 bits per heavy atom. The second-order valence-electron chi connectivity index (χ2n) is 11.5. The Kier molecular flexibility index (Phi) is 8.96. The minimum absolute atomic E-state index is 0.0139. The number of benzene rings is 1. The van der Waals surface area contributed by atoms with Crippen molar-refractivity contribution in [2.75, 3.05) is 50.7 Å². The minimum atomic E-state index is 0.0139. The van der Waals surface area contributed by atoms with E-state index in [2.05, 4.69) is 69.3 Å². The lowest BCUT2D eigenvalue weighted by molar-refractivity contribution is 0.0791. The summed E-state index contributed by atoms with van der Waals surface area (Å²) in [6.45, 7) is 11.1. The van der Waals surface area contributed by atoms with Gasteiger partial charge in [-0.15, -0.1) is 0 Å². The van der Waals surface area contributed by atoms with E-state index >= 15 is 0 Å². The smallest absolute Gasteiger partial charge is 0.318 e. The number of rotatable bonds is 7. The van der Waals surface area contributed by atoms with Gasteiger partial charge in [0.25, 0.3) is 5.91 Å². The summed E-state index contributed by atoms with van der Waals surface area (Å²) in [5.41, 5.74) is 1.92. The summed E-state index contributed by atoms with van der Waals surface area (Å²) >= 11 is 0. The topological polar surface area (TPSA) is 84.9 Å². The number of piperazine rings is 1. The van der Waals surface area contributed by atoms with Crippen LogP contribution in [0, 0.1) is 5.92 Å². The first kappa shape index (κ1) is 27.4. The van der Waals surface area contributed by atoms with Gasteiger partial charge in [-0.25, -0.2) is 14.8 Å². The molecule has 3 aliphatic rings. The largest absolute Gasteiger partial charge is 0.339 e. The van der Waals surface area contributed by atoms with Crippen LogP contribution in [0.5, 0.6) is 0 Å². The van der Waals surface area contributed by atoms with Crippen molar-refractivity contribution in [1.29, 1.82) is 0 Å². The lowest BCUT2D eigenvalue weighted by Gasteiger charge is -2.44. The summed E-state index contributed by atoms with van der Waals surface area (Å²) in [6, 6.07) is 10.8. The van der Waals surface area contributed by atoms with Gasteiger partial charge in [0.15, 0.2) is 0 Å². The van der Waals surface area contributed by atoms with Gasteiger partial charge >= 0.3 is 6.03 Å². The van der Waals surface area contributed by atoms with Crippen molar-refractivity contribution in [1.82, 2.24) is 30.0 Å². The van der Waals surface area contributed by atoms with Crippen molar-refractivity contribution >= 4 is 17.9 Å². The molecule has 39 heavy (non-hydrogen) atoms. The number of hydrogen-bond acceptors (Lipinski definition) is 6. The molecule has 9 nitrogen and oxygen atoms in total. The molecule has 1 N–H and O–H groups in total. The number of hydrogen-bond donors (Lipinski definition) is 1. The normalized spacial score (nSPS) is 22.8. The highest BCUT2D eigenvalue weighted by molar-refractivity contribution is 5.93. The SMILES string of the molecule is C[C@@H]1CN(c2ncc(C(=O)N3CCCC3)cn2)C[C@H](C)N1C(=O)NCCC1CCN(Cc2ccccc2)CC1. The average Bonchev–Trinajstić information content (AvgIpc) is 3.49. The molecule has 0 bridgehead atoms. The van der Waals surface area contributed by atoms with Gasteiger partial charge in [0, 0.05) is 63.7 Å². The van der Waals surface area contributed by atoms with Crippen LogP contribution in [0.2, 0.25) is 0 Å². The number of nitrogens with zero attached hydrogens (tertiary/aromatic N) is 6. The van der Waals surface area contributed by atoms with Gasteiger partial charge in [-0.2, -0.15) is 0 Å². The maximum absolute atomic E-state index is 13.1. The highest BCUT2D eigenvalue weighted by atomic mass is 16.2. The van der Waals surface area contributed by atoms with Gasteiger partial charge in [-0.3, -0.25) is 9.69 Å². The zero-order valence-corrected chi connectivity index (χ0v) is 23.5. The Balaban J connectivity index is 1.04. The predicted octanol–water partition coefficient (Wildman–Crippen LogP) is 3.62. The molecule has 210 valence electrons. The van der Waals surface area contributed by atoms with Crippen LogP contribution >= 0.6 is 0 Å². The van der Waals surface area contributed by atoms with Crippen LogP contribution in [0.25, 0.3) is 0 Å². The maximum Gasteiger partial charge on any atom is 0.318 e. The number of urea groups is 1. The average molecular weight is 534 g/mol. The fourth-order valence-electron chi connectivity index (χ4n) is 6.33. The summed E-state index contributed by atoms with van der Waals surface area (Å²) in [7, 11) is 0. The van der Waals surface area contributed by atoms with Gasteiger partial charge in [0.1, 0.15) is 0 Å². The number of amides is 3. The molecular weight excluding hydrogens is 490 g/mol. The third-order valence-corrected chi connectivity index (χ3v) is 8.50. The standard InChI is InChI=1S/C30H43N7O2/c1-23-20-36(29-32-18-27(19-33-29)28(38)35-14-6-7-15-35)21-24(2)37(23)30(39)31-13-10-25-11-16-34(17-12-25)22-26-8-4-3-5-9-26/h3-5,8-9,18-19,23-25H,6-7,10-17,20-22H2,1-2H3,(H,31,39)/t23-,24+. The molecular formula is C30H43N7O2. The first-order valence-corrected chi connectivity index (χ1v) is 14.7. The molecule has 4 heterocycles. The molecule has 3 fully saturated rings. The lowest BCUT2D eigenvalue weighted by Crippen LogP contribution is -2.61. The van der Waals surface area contributed by atoms with Crippen LogP contribution in [0.15, 0.2) is 42.7 Å². The molecule has 9 heteroatoms. The van der Waals surface area contributed by atoms with Crippen molar-refractivity contribution in [2.24, 2.45) is 5.92 Å². The van der Waals surface area contributed by atoms with Gasteiger partial charge in [0.2, 0.25) is 5.95 Å². The first-order chi connectivity index (χ1) is 19.0. The van der Waals surface area contributed by atoms with Crippen LogP contribution in [-0.2, 0) is 6.54 Å². The lowest BCUT2D eigenvalue weighted by atomic mass is 9.93. The molecule has 1 aromatic carbocycles. The van der Waals surface area contributed by atoms with Gasteiger partial charge in [-0.05, 0) is 70.5 Å². The molecule has 0 unspecified atom stereocenters. The van der Waals surface area contributed by atoms with E-state index in [1.165, 1.54) is 18.4 Å². The van der Waals surface area contributed by atoms with Crippen molar-refractivity contribution < 1.29 is 9.59 Å². The predicted molar refractivity (Wildman–Crippen MR) is 153 cm³/mol. The van der Waals surface area contributed by atoms with Gasteiger partial charge in [0.05, 0.1) is 5.56 Å². The molecule has 5 rings (SSSR count). The molecule has 0 radical (unpaired) electrons. The number of piperidine rings is 1. The van der Waals surface area contributed by atoms with E-state index < -0.39 is 0 Å². The van der Waals surface area contributed by atoms with Crippen molar-refractivity contribution in [3.05, 3.63) is 53.9 Å². The highest BCUT2D eigenvalue weighted by Gasteiger charge is 2.34. The van der Waals surface area contributed by atoms with E-state index in [1.54, 1.807) is 12.4 Å². The molecule has 0 aliphatic carbocycles. The van der Waals surface area contributed by atoms with Crippen molar-refractivity contribution in [3.63, 3.8) is 0 Å². The third kappa shape index (κ3) is 6.87. The summed E-state index contributed by atoms with van der Waals surface area (Å²) in [6.07, 6.45) is 8.82. The molecule has 0 saturated carbocycles. The van der Waals surface area contributed by atoms with E-state index in [4.69, 9.17) is 0 Å². The van der Waals surface area contributed by atoms with E-state index in [0.717, 1.165) is 58.5 Å². The van der Waals surface area contributed by atoms with Gasteiger partial charge in [-0.1, -0.05) is 30.3 Å². The number of carbonyl (C=O) groups is 2. The van der Waals surface area contributed by atoms with Crippen LogP contribution in [-0.4, -0.2) is 94.5 Å². The molecule has 1 aromatic heterocycles. The summed E-state index contributed by atoms with van der Waals surface area (Å²) in [4.78, 5) is 43.2.